The number of rotatable bonds is 5. The topological polar surface area (TPSA) is 81.4 Å². The van der Waals surface area contributed by atoms with Gasteiger partial charge in [0.15, 0.2) is 0 Å². The number of nitrogens with one attached hydrogen (secondary N) is 1. The van der Waals surface area contributed by atoms with Crippen LogP contribution in [0.1, 0.15) is 11.5 Å². The predicted molar refractivity (Wildman–Crippen MR) is 100 cm³/mol. The average Bonchev–Trinajstić information content (AvgIpc) is 2.94. The van der Waals surface area contributed by atoms with Crippen LogP contribution in [-0.2, 0) is 10.0 Å². The van der Waals surface area contributed by atoms with Crippen molar-refractivity contribution in [3.8, 4) is 17.2 Å². The highest BCUT2D eigenvalue weighted by Gasteiger charge is 2.17. The number of sulfonamides is 1. The van der Waals surface area contributed by atoms with E-state index in [1.54, 1.807) is 24.3 Å². The van der Waals surface area contributed by atoms with Gasteiger partial charge in [0.25, 0.3) is 10.0 Å². The molecule has 0 aliphatic heterocycles. The molecule has 0 aliphatic rings. The molecule has 2 aromatic carbocycles. The number of oxazole rings is 1. The second-order valence-corrected chi connectivity index (χ2v) is 7.73. The minimum Gasteiger partial charge on any atom is -0.495 e. The summed E-state index contributed by atoms with van der Waals surface area (Å²) in [6, 6.07) is 11.1. The van der Waals surface area contributed by atoms with E-state index in [9.17, 15) is 8.42 Å². The molecule has 0 amide bonds. The highest BCUT2D eigenvalue weighted by molar-refractivity contribution is 7.92. The van der Waals surface area contributed by atoms with Gasteiger partial charge in [0, 0.05) is 11.3 Å². The maximum atomic E-state index is 12.6. The minimum absolute atomic E-state index is 0.0384. The molecule has 136 valence electrons. The largest absolute Gasteiger partial charge is 0.495 e. The van der Waals surface area contributed by atoms with Crippen molar-refractivity contribution in [2.24, 2.45) is 0 Å². The van der Waals surface area contributed by atoms with E-state index in [4.69, 9.17) is 20.8 Å². The molecule has 0 aliphatic carbocycles. The standard InChI is InChI=1S/C18H17ClN2O4S/c1-11-12(2)25-18(20-11)13-5-4-6-14(9-13)21-26(22,23)15-7-8-17(24-3)16(19)10-15/h4-10,21H,1-3H3. The number of halogens is 1. The van der Waals surface area contributed by atoms with E-state index >= 15 is 0 Å². The van der Waals surface area contributed by atoms with Crippen molar-refractivity contribution >= 4 is 27.3 Å². The molecule has 0 saturated heterocycles. The lowest BCUT2D eigenvalue weighted by molar-refractivity contribution is 0.414. The van der Waals surface area contributed by atoms with E-state index in [-0.39, 0.29) is 9.92 Å². The van der Waals surface area contributed by atoms with Gasteiger partial charge in [0.2, 0.25) is 5.89 Å². The van der Waals surface area contributed by atoms with Crippen molar-refractivity contribution in [1.29, 1.82) is 0 Å². The first kappa shape index (κ1) is 18.3. The quantitative estimate of drug-likeness (QED) is 0.695. The van der Waals surface area contributed by atoms with Crippen LogP contribution in [0.2, 0.25) is 5.02 Å². The minimum atomic E-state index is -3.80. The summed E-state index contributed by atoms with van der Waals surface area (Å²) in [6.45, 7) is 3.67. The van der Waals surface area contributed by atoms with Gasteiger partial charge in [-0.3, -0.25) is 4.72 Å². The highest BCUT2D eigenvalue weighted by atomic mass is 35.5. The Morgan fingerprint density at radius 1 is 1.15 bits per heavy atom. The number of aromatic nitrogens is 1. The fraction of sp³-hybridized carbons (Fsp3) is 0.167. The van der Waals surface area contributed by atoms with Crippen molar-refractivity contribution in [3.63, 3.8) is 0 Å². The van der Waals surface area contributed by atoms with Crippen molar-refractivity contribution in [1.82, 2.24) is 4.98 Å². The van der Waals surface area contributed by atoms with Gasteiger partial charge in [-0.1, -0.05) is 17.7 Å². The second kappa shape index (κ2) is 7.01. The number of ether oxygens (including phenoxy) is 1. The molecule has 0 spiro atoms. The smallest absolute Gasteiger partial charge is 0.261 e. The molecule has 0 atom stereocenters. The maximum absolute atomic E-state index is 12.6. The third-order valence-electron chi connectivity index (χ3n) is 3.82. The van der Waals surface area contributed by atoms with Crippen molar-refractivity contribution in [3.05, 3.63) is 58.9 Å². The van der Waals surface area contributed by atoms with Crippen LogP contribution in [0.5, 0.6) is 5.75 Å². The molecular formula is C18H17ClN2O4S. The zero-order chi connectivity index (χ0) is 18.9. The Morgan fingerprint density at radius 2 is 1.92 bits per heavy atom. The summed E-state index contributed by atoms with van der Waals surface area (Å²) in [5.41, 5.74) is 1.86. The summed E-state index contributed by atoms with van der Waals surface area (Å²) in [5, 5.41) is 0.217. The van der Waals surface area contributed by atoms with Crippen LogP contribution in [0.3, 0.4) is 0 Å². The van der Waals surface area contributed by atoms with Crippen LogP contribution in [0.15, 0.2) is 51.8 Å². The van der Waals surface area contributed by atoms with Crippen molar-refractivity contribution < 1.29 is 17.6 Å². The Hall–Kier alpha value is -2.51. The van der Waals surface area contributed by atoms with Crippen LogP contribution in [0.4, 0.5) is 5.69 Å². The first-order chi connectivity index (χ1) is 12.3. The fourth-order valence-corrected chi connectivity index (χ4v) is 3.74. The van der Waals surface area contributed by atoms with Gasteiger partial charge in [0.05, 0.1) is 22.7 Å². The summed E-state index contributed by atoms with van der Waals surface area (Å²) in [4.78, 5) is 4.37. The zero-order valence-corrected chi connectivity index (χ0v) is 16.0. The summed E-state index contributed by atoms with van der Waals surface area (Å²) in [7, 11) is -2.34. The Kier molecular flexibility index (Phi) is 4.93. The average molecular weight is 393 g/mol. The first-order valence-corrected chi connectivity index (χ1v) is 9.57. The van der Waals surface area contributed by atoms with Gasteiger partial charge in [-0.25, -0.2) is 13.4 Å². The van der Waals surface area contributed by atoms with E-state index in [2.05, 4.69) is 9.71 Å². The van der Waals surface area contributed by atoms with Gasteiger partial charge in [0.1, 0.15) is 11.5 Å². The van der Waals surface area contributed by atoms with Crippen LogP contribution in [0, 0.1) is 13.8 Å². The maximum Gasteiger partial charge on any atom is 0.261 e. The lowest BCUT2D eigenvalue weighted by Gasteiger charge is -2.10. The second-order valence-electron chi connectivity index (χ2n) is 5.64. The van der Waals surface area contributed by atoms with Gasteiger partial charge in [-0.2, -0.15) is 0 Å². The molecule has 0 unspecified atom stereocenters. The molecule has 1 heterocycles. The summed E-state index contributed by atoms with van der Waals surface area (Å²) in [5.74, 6) is 1.56. The first-order valence-electron chi connectivity index (χ1n) is 7.71. The Labute approximate surface area is 156 Å². The van der Waals surface area contributed by atoms with Gasteiger partial charge in [-0.15, -0.1) is 0 Å². The third kappa shape index (κ3) is 3.68. The van der Waals surface area contributed by atoms with E-state index in [1.165, 1.54) is 25.3 Å². The number of methoxy groups -OCH3 is 1. The van der Waals surface area contributed by atoms with E-state index in [1.807, 2.05) is 13.8 Å². The number of hydrogen-bond acceptors (Lipinski definition) is 5. The Morgan fingerprint density at radius 3 is 2.54 bits per heavy atom. The molecule has 0 radical (unpaired) electrons. The number of hydrogen-bond donors (Lipinski definition) is 1. The molecule has 3 rings (SSSR count). The summed E-state index contributed by atoms with van der Waals surface area (Å²) >= 11 is 6.02. The van der Waals surface area contributed by atoms with Gasteiger partial charge < -0.3 is 9.15 Å². The predicted octanol–water partition coefficient (Wildman–Crippen LogP) is 4.42. The van der Waals surface area contributed by atoms with Crippen LogP contribution >= 0.6 is 11.6 Å². The van der Waals surface area contributed by atoms with Crippen LogP contribution < -0.4 is 9.46 Å². The van der Waals surface area contributed by atoms with E-state index in [0.717, 1.165) is 11.5 Å². The monoisotopic (exact) mass is 392 g/mol. The highest BCUT2D eigenvalue weighted by Crippen LogP contribution is 2.29. The van der Waals surface area contributed by atoms with Crippen LogP contribution in [0.25, 0.3) is 11.5 Å². The normalized spacial score (nSPS) is 11.4. The number of aryl methyl sites for hydroxylation is 2. The molecular weight excluding hydrogens is 376 g/mol. The van der Waals surface area contributed by atoms with Crippen molar-refractivity contribution in [2.75, 3.05) is 11.8 Å². The molecule has 0 saturated carbocycles. The molecule has 3 aromatic rings. The van der Waals surface area contributed by atoms with E-state index < -0.39 is 10.0 Å². The van der Waals surface area contributed by atoms with Crippen LogP contribution in [-0.4, -0.2) is 20.5 Å². The van der Waals surface area contributed by atoms with E-state index in [0.29, 0.717) is 22.9 Å². The number of anilines is 1. The number of benzene rings is 2. The molecule has 6 nitrogen and oxygen atoms in total. The zero-order valence-electron chi connectivity index (χ0n) is 14.4. The van der Waals surface area contributed by atoms with Crippen molar-refractivity contribution in [2.45, 2.75) is 18.7 Å². The van der Waals surface area contributed by atoms with Gasteiger partial charge in [-0.05, 0) is 50.2 Å². The molecule has 1 aromatic heterocycles. The number of nitrogens with zero attached hydrogens (tertiary/aromatic N) is 1. The Bertz CT molecular complexity index is 1040. The lowest BCUT2D eigenvalue weighted by Crippen LogP contribution is -2.13. The molecule has 8 heteroatoms. The summed E-state index contributed by atoms with van der Waals surface area (Å²) < 4.78 is 38.4. The molecule has 0 fully saturated rings. The SMILES string of the molecule is COc1ccc(S(=O)(=O)Nc2cccc(-c3nc(C)c(C)o3)c2)cc1Cl. The summed E-state index contributed by atoms with van der Waals surface area (Å²) in [6.07, 6.45) is 0. The van der Waals surface area contributed by atoms with Gasteiger partial charge >= 0.3 is 0 Å². The molecule has 26 heavy (non-hydrogen) atoms. The lowest BCUT2D eigenvalue weighted by atomic mass is 10.2. The fourth-order valence-electron chi connectivity index (χ4n) is 2.34. The molecule has 0 bridgehead atoms. The molecule has 1 N–H and O–H groups in total. The Balaban J connectivity index is 1.90. The third-order valence-corrected chi connectivity index (χ3v) is 5.50.